The van der Waals surface area contributed by atoms with Crippen LogP contribution in [0.2, 0.25) is 5.02 Å². The van der Waals surface area contributed by atoms with Crippen molar-refractivity contribution in [2.45, 2.75) is 4.90 Å². The Morgan fingerprint density at radius 2 is 1.70 bits per heavy atom. The Kier molecular flexibility index (Phi) is 4.13. The topological polar surface area (TPSA) is 80.4 Å². The van der Waals surface area contributed by atoms with Crippen LogP contribution in [0.15, 0.2) is 47.4 Å². The van der Waals surface area contributed by atoms with Gasteiger partial charge in [0, 0.05) is 10.7 Å². The van der Waals surface area contributed by atoms with Gasteiger partial charge in [0.25, 0.3) is 10.1 Å². The van der Waals surface area contributed by atoms with Crippen molar-refractivity contribution in [1.29, 1.82) is 0 Å². The van der Waals surface area contributed by atoms with Gasteiger partial charge in [-0.1, -0.05) is 35.9 Å². The largest absolute Gasteiger partial charge is 0.399 e. The quantitative estimate of drug-likeness (QED) is 0.517. The normalized spacial score (nSPS) is 11.9. The van der Waals surface area contributed by atoms with Crippen LogP contribution in [0.1, 0.15) is 11.1 Å². The van der Waals surface area contributed by atoms with Crippen molar-refractivity contribution in [3.63, 3.8) is 0 Å². The molecule has 0 amide bonds. The van der Waals surface area contributed by atoms with Crippen LogP contribution in [0, 0.1) is 0 Å². The third kappa shape index (κ3) is 3.60. The van der Waals surface area contributed by atoms with Crippen LogP contribution in [-0.2, 0) is 10.1 Å². The highest BCUT2D eigenvalue weighted by molar-refractivity contribution is 7.85. The highest BCUT2D eigenvalue weighted by Gasteiger charge is 2.10. The number of anilines is 1. The lowest BCUT2D eigenvalue weighted by Crippen LogP contribution is -1.98. The van der Waals surface area contributed by atoms with Gasteiger partial charge >= 0.3 is 0 Å². The number of rotatable bonds is 3. The molecule has 4 nitrogen and oxygen atoms in total. The van der Waals surface area contributed by atoms with Gasteiger partial charge in [0.1, 0.15) is 0 Å². The Morgan fingerprint density at radius 1 is 1.05 bits per heavy atom. The molecule has 6 heteroatoms. The van der Waals surface area contributed by atoms with E-state index < -0.39 is 10.1 Å². The van der Waals surface area contributed by atoms with E-state index in [1.165, 1.54) is 18.2 Å². The fourth-order valence-electron chi connectivity index (χ4n) is 1.60. The fraction of sp³-hybridized carbons (Fsp3) is 0. The van der Waals surface area contributed by atoms with E-state index in [1.54, 1.807) is 24.3 Å². The molecule has 0 heterocycles. The number of benzene rings is 2. The number of nitrogens with two attached hydrogens (primary N) is 1. The van der Waals surface area contributed by atoms with E-state index in [0.29, 0.717) is 16.3 Å². The van der Waals surface area contributed by atoms with Crippen LogP contribution in [0.3, 0.4) is 0 Å². The van der Waals surface area contributed by atoms with E-state index in [2.05, 4.69) is 0 Å². The Morgan fingerprint density at radius 3 is 2.30 bits per heavy atom. The highest BCUT2D eigenvalue weighted by Crippen LogP contribution is 2.22. The minimum absolute atomic E-state index is 0.196. The van der Waals surface area contributed by atoms with Crippen LogP contribution in [0.4, 0.5) is 5.69 Å². The molecule has 0 saturated heterocycles. The first-order valence-electron chi connectivity index (χ1n) is 5.67. The smallest absolute Gasteiger partial charge is 0.294 e. The molecule has 104 valence electrons. The average Bonchev–Trinajstić information content (AvgIpc) is 2.38. The minimum atomic E-state index is -4.24. The molecule has 0 spiro atoms. The molecule has 0 aliphatic carbocycles. The molecule has 20 heavy (non-hydrogen) atoms. The summed E-state index contributed by atoms with van der Waals surface area (Å²) in [6.45, 7) is 0. The third-order valence-electron chi connectivity index (χ3n) is 2.66. The van der Waals surface area contributed by atoms with E-state index in [9.17, 15) is 8.42 Å². The zero-order chi connectivity index (χ0) is 14.8. The second-order valence-electron chi connectivity index (χ2n) is 4.16. The van der Waals surface area contributed by atoms with E-state index in [1.807, 2.05) is 12.1 Å². The summed E-state index contributed by atoms with van der Waals surface area (Å²) in [5, 5.41) is 0.393. The highest BCUT2D eigenvalue weighted by atomic mass is 35.5. The molecule has 2 rings (SSSR count). The Bertz CT molecular complexity index is 752. The molecule has 0 radical (unpaired) electrons. The summed E-state index contributed by atoms with van der Waals surface area (Å²) in [6, 6.07) is 11.2. The van der Waals surface area contributed by atoms with Crippen molar-refractivity contribution in [2.75, 3.05) is 5.73 Å². The van der Waals surface area contributed by atoms with Gasteiger partial charge in [-0.25, -0.2) is 0 Å². The van der Waals surface area contributed by atoms with E-state index >= 15 is 0 Å². The summed E-state index contributed by atoms with van der Waals surface area (Å²) in [5.41, 5.74) is 7.64. The molecule has 2 aromatic carbocycles. The van der Waals surface area contributed by atoms with Crippen molar-refractivity contribution in [3.8, 4) is 0 Å². The third-order valence-corrected chi connectivity index (χ3v) is 3.85. The molecular weight excluding hydrogens is 298 g/mol. The van der Waals surface area contributed by atoms with Gasteiger partial charge in [-0.15, -0.1) is 0 Å². The first-order chi connectivity index (χ1) is 9.36. The molecule has 0 aromatic heterocycles. The zero-order valence-electron chi connectivity index (χ0n) is 10.3. The van der Waals surface area contributed by atoms with Crippen LogP contribution >= 0.6 is 11.6 Å². The number of halogens is 1. The Balaban J connectivity index is 2.35. The molecule has 2 aromatic rings. The van der Waals surface area contributed by atoms with Crippen LogP contribution in [0.25, 0.3) is 12.2 Å². The first kappa shape index (κ1) is 14.6. The molecule has 0 saturated carbocycles. The summed E-state index contributed by atoms with van der Waals surface area (Å²) >= 11 is 5.99. The molecule has 0 aliphatic heterocycles. The molecule has 3 N–H and O–H groups in total. The molecular formula is C14H12ClNO3S. The summed E-state index contributed by atoms with van der Waals surface area (Å²) in [5.74, 6) is 0. The Labute approximate surface area is 122 Å². The van der Waals surface area contributed by atoms with Crippen molar-refractivity contribution in [2.24, 2.45) is 0 Å². The maximum Gasteiger partial charge on any atom is 0.294 e. The summed E-state index contributed by atoms with van der Waals surface area (Å²) in [6.07, 6.45) is 3.44. The summed E-state index contributed by atoms with van der Waals surface area (Å²) in [7, 11) is -4.24. The van der Waals surface area contributed by atoms with Gasteiger partial charge < -0.3 is 5.73 Å². The van der Waals surface area contributed by atoms with Gasteiger partial charge in [-0.05, 0) is 41.5 Å². The van der Waals surface area contributed by atoms with Crippen LogP contribution < -0.4 is 5.73 Å². The van der Waals surface area contributed by atoms with Crippen molar-refractivity contribution < 1.29 is 13.0 Å². The van der Waals surface area contributed by atoms with Gasteiger partial charge in [0.2, 0.25) is 0 Å². The number of hydrogen-bond acceptors (Lipinski definition) is 3. The Hall–Kier alpha value is -1.82. The molecule has 0 atom stereocenters. The van der Waals surface area contributed by atoms with E-state index in [0.717, 1.165) is 5.56 Å². The van der Waals surface area contributed by atoms with E-state index in [4.69, 9.17) is 21.9 Å². The zero-order valence-corrected chi connectivity index (χ0v) is 11.9. The van der Waals surface area contributed by atoms with Crippen molar-refractivity contribution in [1.82, 2.24) is 0 Å². The van der Waals surface area contributed by atoms with Crippen LogP contribution in [0.5, 0.6) is 0 Å². The number of nitrogen functional groups attached to an aromatic ring is 1. The second-order valence-corrected chi connectivity index (χ2v) is 5.99. The van der Waals surface area contributed by atoms with Crippen molar-refractivity contribution in [3.05, 3.63) is 58.6 Å². The summed E-state index contributed by atoms with van der Waals surface area (Å²) in [4.78, 5) is -0.196. The maximum absolute atomic E-state index is 11.1. The molecule has 0 aliphatic rings. The SMILES string of the molecule is Nc1ccc(C=Cc2cc(S(=O)(=O)O)ccc2Cl)cc1. The lowest BCUT2D eigenvalue weighted by Gasteiger charge is -2.02. The predicted octanol–water partition coefficient (Wildman–Crippen LogP) is 3.34. The number of hydrogen-bond donors (Lipinski definition) is 2. The standard InChI is InChI=1S/C14H12ClNO3S/c15-14-8-7-13(20(17,18)19)9-11(14)4-1-10-2-5-12(16)6-3-10/h1-9H,16H2,(H,17,18,19). The summed E-state index contributed by atoms with van der Waals surface area (Å²) < 4.78 is 31.2. The second kappa shape index (κ2) is 5.66. The van der Waals surface area contributed by atoms with Gasteiger partial charge in [0.15, 0.2) is 0 Å². The monoisotopic (exact) mass is 309 g/mol. The van der Waals surface area contributed by atoms with Gasteiger partial charge in [0.05, 0.1) is 4.90 Å². The van der Waals surface area contributed by atoms with Gasteiger partial charge in [-0.3, -0.25) is 4.55 Å². The lowest BCUT2D eigenvalue weighted by molar-refractivity contribution is 0.483. The van der Waals surface area contributed by atoms with Crippen molar-refractivity contribution >= 4 is 39.6 Å². The predicted molar refractivity (Wildman–Crippen MR) is 81.0 cm³/mol. The minimum Gasteiger partial charge on any atom is -0.399 e. The lowest BCUT2D eigenvalue weighted by atomic mass is 10.1. The first-order valence-corrected chi connectivity index (χ1v) is 7.49. The molecule has 0 unspecified atom stereocenters. The van der Waals surface area contributed by atoms with Crippen LogP contribution in [-0.4, -0.2) is 13.0 Å². The average molecular weight is 310 g/mol. The maximum atomic E-state index is 11.1. The molecule has 0 bridgehead atoms. The van der Waals surface area contributed by atoms with Gasteiger partial charge in [-0.2, -0.15) is 8.42 Å². The molecule has 0 fully saturated rings. The fourth-order valence-corrected chi connectivity index (χ4v) is 2.30. The van der Waals surface area contributed by atoms with E-state index in [-0.39, 0.29) is 4.90 Å².